The maximum atomic E-state index is 13.3. The van der Waals surface area contributed by atoms with E-state index in [0.29, 0.717) is 189 Å². The number of hydrogen-bond acceptors (Lipinski definition) is 20. The monoisotopic (exact) mass is 1330 g/mol. The van der Waals surface area contributed by atoms with E-state index in [1.807, 2.05) is 36.0 Å². The number of carboxylic acids is 3. The Bertz CT molecular complexity index is 2030. The number of ether oxygens (including phenoxy) is 12. The Labute approximate surface area is 522 Å². The number of halogens is 1. The molecule has 5 atom stereocenters. The lowest BCUT2D eigenvalue weighted by atomic mass is 10.0. The molecule has 30 heteroatoms. The smallest absolute Gasteiger partial charge is 0.326 e. The molecule has 2 saturated heterocycles. The number of carbonyl (C=O) groups is 7. The Morgan fingerprint density at radius 2 is 0.989 bits per heavy atom. The van der Waals surface area contributed by atoms with Gasteiger partial charge in [0.15, 0.2) is 0 Å². The van der Waals surface area contributed by atoms with Crippen LogP contribution in [0.1, 0.15) is 76.2 Å². The highest BCUT2D eigenvalue weighted by Crippen LogP contribution is 2.33. The van der Waals surface area contributed by atoms with Crippen LogP contribution in [0.2, 0.25) is 0 Å². The summed E-state index contributed by atoms with van der Waals surface area (Å²) in [5.74, 6) is -3.18. The fourth-order valence-electron chi connectivity index (χ4n) is 8.53. The molecule has 0 aromatic heterocycles. The number of nitrogens with zero attached hydrogens (tertiary/aromatic N) is 1. The number of fused-ring (bicyclic) bond motifs is 1. The van der Waals surface area contributed by atoms with Crippen LogP contribution < -0.4 is 26.6 Å². The molecule has 87 heavy (non-hydrogen) atoms. The van der Waals surface area contributed by atoms with Crippen LogP contribution in [0.25, 0.3) is 0 Å². The molecule has 3 rings (SSSR count). The van der Waals surface area contributed by atoms with Gasteiger partial charge < -0.3 is 104 Å². The third-order valence-corrected chi connectivity index (χ3v) is 15.2. The van der Waals surface area contributed by atoms with Crippen LogP contribution in [0.5, 0.6) is 0 Å². The van der Waals surface area contributed by atoms with Crippen molar-refractivity contribution < 1.29 is 106 Å². The highest BCUT2D eigenvalue weighted by Gasteiger charge is 2.42. The second-order valence-electron chi connectivity index (χ2n) is 19.9. The number of unbranched alkanes of at least 4 members (excludes halogenated alkanes) is 3. The largest absolute Gasteiger partial charge is 0.481 e. The van der Waals surface area contributed by atoms with Gasteiger partial charge in [0, 0.05) is 48.0 Å². The molecule has 2 heterocycles. The summed E-state index contributed by atoms with van der Waals surface area (Å²) in [5.41, 5.74) is 0.889. The first kappa shape index (κ1) is 76.7. The molecule has 0 saturated carbocycles. The minimum absolute atomic E-state index is 0.00137. The van der Waals surface area contributed by atoms with E-state index in [1.54, 1.807) is 4.90 Å². The third kappa shape index (κ3) is 40.7. The minimum atomic E-state index is -1.51. The highest BCUT2D eigenvalue weighted by molar-refractivity contribution is 9.10. The number of nitrogens with one attached hydrogen (secondary N) is 5. The van der Waals surface area contributed by atoms with Gasteiger partial charge in [0.2, 0.25) is 11.8 Å². The molecule has 0 spiro atoms. The van der Waals surface area contributed by atoms with Crippen molar-refractivity contribution in [1.82, 2.24) is 31.5 Å². The number of benzene rings is 1. The van der Waals surface area contributed by atoms with Gasteiger partial charge in [0.1, 0.15) is 12.1 Å². The van der Waals surface area contributed by atoms with Crippen molar-refractivity contribution in [2.45, 2.75) is 107 Å². The lowest BCUT2D eigenvalue weighted by molar-refractivity contribution is -0.141. The number of carbonyl (C=O) groups excluding carboxylic acids is 4. The lowest BCUT2D eigenvalue weighted by Gasteiger charge is -2.24. The lowest BCUT2D eigenvalue weighted by Crippen LogP contribution is -2.51. The van der Waals surface area contributed by atoms with Crippen molar-refractivity contribution in [2.24, 2.45) is 0 Å². The van der Waals surface area contributed by atoms with Gasteiger partial charge in [0.05, 0.1) is 177 Å². The van der Waals surface area contributed by atoms with E-state index in [9.17, 15) is 43.8 Å². The van der Waals surface area contributed by atoms with Crippen LogP contribution in [-0.2, 0) is 87.4 Å². The predicted octanol–water partition coefficient (Wildman–Crippen LogP) is 2.84. The topological polar surface area (TPSA) is 354 Å². The number of carboxylic acid groups (broad SMARTS) is 3. The zero-order valence-corrected chi connectivity index (χ0v) is 52.5. The van der Waals surface area contributed by atoms with Crippen LogP contribution in [0.3, 0.4) is 0 Å². The Hall–Kier alpha value is -4.54. The summed E-state index contributed by atoms with van der Waals surface area (Å²) >= 11 is 5.33. The minimum Gasteiger partial charge on any atom is -0.481 e. The summed E-state index contributed by atoms with van der Waals surface area (Å²) in [4.78, 5) is 85.0. The van der Waals surface area contributed by atoms with E-state index in [0.717, 1.165) is 41.5 Å². The molecule has 0 bridgehead atoms. The van der Waals surface area contributed by atoms with E-state index < -0.39 is 42.4 Å². The van der Waals surface area contributed by atoms with Crippen LogP contribution in [0, 0.1) is 0 Å². The van der Waals surface area contributed by atoms with Gasteiger partial charge in [-0.25, -0.2) is 19.2 Å². The summed E-state index contributed by atoms with van der Waals surface area (Å²) in [7, 11) is 0. The quantitative estimate of drug-likeness (QED) is 0.0343. The Morgan fingerprint density at radius 3 is 1.45 bits per heavy atom. The van der Waals surface area contributed by atoms with E-state index in [1.165, 1.54) is 0 Å². The highest BCUT2D eigenvalue weighted by atomic mass is 79.9. The van der Waals surface area contributed by atoms with Gasteiger partial charge in [-0.05, 0) is 56.2 Å². The third-order valence-electron chi connectivity index (χ3n) is 13.1. The fourth-order valence-corrected chi connectivity index (χ4v) is 10.3. The van der Waals surface area contributed by atoms with Crippen LogP contribution in [0.4, 0.5) is 9.59 Å². The zero-order valence-electron chi connectivity index (χ0n) is 50.1. The number of amides is 6. The summed E-state index contributed by atoms with van der Waals surface area (Å²) in [5, 5.41) is 41.5. The van der Waals surface area contributed by atoms with Gasteiger partial charge in [-0.1, -0.05) is 40.9 Å². The summed E-state index contributed by atoms with van der Waals surface area (Å²) < 4.78 is 67.3. The van der Waals surface area contributed by atoms with Gasteiger partial charge in [-0.15, -0.1) is 0 Å². The Morgan fingerprint density at radius 1 is 0.540 bits per heavy atom. The fraction of sp³-hybridized carbons (Fsp3) is 0.772. The van der Waals surface area contributed by atoms with E-state index in [-0.39, 0.29) is 62.4 Å². The van der Waals surface area contributed by atoms with Crippen molar-refractivity contribution in [1.29, 1.82) is 0 Å². The second-order valence-corrected chi connectivity index (χ2v) is 22.1. The van der Waals surface area contributed by atoms with Crippen LogP contribution in [0.15, 0.2) is 28.7 Å². The second kappa shape index (κ2) is 51.2. The average Bonchev–Trinajstić information content (AvgIpc) is 4.31. The van der Waals surface area contributed by atoms with Crippen molar-refractivity contribution in [3.05, 3.63) is 34.3 Å². The summed E-state index contributed by atoms with van der Waals surface area (Å²) in [6, 6.07) is 4.02. The van der Waals surface area contributed by atoms with E-state index >= 15 is 0 Å². The average molecular weight is 1330 g/mol. The Kier molecular flexibility index (Phi) is 45.2. The molecule has 498 valence electrons. The molecule has 28 nitrogen and oxygen atoms in total. The van der Waals surface area contributed by atoms with Gasteiger partial charge in [-0.3, -0.25) is 14.4 Å². The number of urea groups is 2. The SMILES string of the molecule is O=C(O)CC[C@H](NC(=O)N[C@@H](CCCCN(Cc1ccc(Br)cc1)C(=O)CCOCCOCCOCCOCCOCCOCCOCCOCCOCCOCCOCCOCCNC(=O)CCCCC[C@@H]1SC[C@@H]2NC(=O)N[C@@H]21)C(=O)O)C(=O)O. The normalized spacial score (nSPS) is 16.0. The maximum Gasteiger partial charge on any atom is 0.326 e. The van der Waals surface area contributed by atoms with Crippen molar-refractivity contribution in [3.8, 4) is 0 Å². The number of thioether (sulfide) groups is 1. The van der Waals surface area contributed by atoms with Crippen molar-refractivity contribution >= 4 is 69.5 Å². The maximum absolute atomic E-state index is 13.3. The molecule has 0 unspecified atom stereocenters. The van der Waals surface area contributed by atoms with Crippen LogP contribution in [-0.4, -0.2) is 269 Å². The molecular weight excluding hydrogens is 1230 g/mol. The number of rotatable bonds is 59. The number of aliphatic carboxylic acids is 3. The Balaban J connectivity index is 0.993. The molecule has 2 fully saturated rings. The van der Waals surface area contributed by atoms with Gasteiger partial charge in [0.25, 0.3) is 0 Å². The zero-order chi connectivity index (χ0) is 62.8. The molecular formula is C57H95BrN6O22S. The molecule has 0 radical (unpaired) electrons. The molecule has 1 aromatic carbocycles. The standard InChI is InChI=1S/C57H95BrN6O22S/c58-45-11-9-44(10-12-45)42-64(17-5-4-6-46(54(69)70)60-56(73)61-47(55(71)72)13-14-52(67)68)51(66)15-18-75-20-22-77-24-26-79-28-30-81-32-34-83-36-38-85-40-41-86-39-37-84-35-33-82-31-29-80-27-25-78-23-21-76-19-16-59-50(65)8-3-1-2-7-49-53-48(43-87-49)62-57(74)63-53/h9-12,46-49,53H,1-8,13-43H2,(H,59,65)(H,67,68)(H,69,70)(H,71,72)(H2,60,61,73)(H2,62,63,74)/t46-,47-,48-,49-,53-/m0/s1. The van der Waals surface area contributed by atoms with Crippen molar-refractivity contribution in [2.75, 3.05) is 177 Å². The summed E-state index contributed by atoms with van der Waals surface area (Å²) in [6.45, 7) is 10.9. The van der Waals surface area contributed by atoms with E-state index in [4.69, 9.17) is 61.9 Å². The molecule has 6 amide bonds. The van der Waals surface area contributed by atoms with Crippen LogP contribution >= 0.6 is 27.7 Å². The van der Waals surface area contributed by atoms with E-state index in [2.05, 4.69) is 42.5 Å². The molecule has 2 aliphatic rings. The molecule has 2 aliphatic heterocycles. The summed E-state index contributed by atoms with van der Waals surface area (Å²) in [6.07, 6.45) is 4.43. The molecule has 1 aromatic rings. The van der Waals surface area contributed by atoms with Gasteiger partial charge >= 0.3 is 30.0 Å². The number of hydrogen-bond donors (Lipinski definition) is 8. The first-order valence-corrected chi connectivity index (χ1v) is 31.8. The molecule has 0 aliphatic carbocycles. The predicted molar refractivity (Wildman–Crippen MR) is 321 cm³/mol. The van der Waals surface area contributed by atoms with Crippen molar-refractivity contribution in [3.63, 3.8) is 0 Å². The molecule has 8 N–H and O–H groups in total. The first-order chi connectivity index (χ1) is 42.3. The first-order valence-electron chi connectivity index (χ1n) is 30.0. The van der Waals surface area contributed by atoms with Gasteiger partial charge in [-0.2, -0.15) is 11.8 Å².